The molecule has 6 heteroatoms. The third kappa shape index (κ3) is 5.66. The lowest BCUT2D eigenvalue weighted by molar-refractivity contribution is 1.07. The Bertz CT molecular complexity index is 5810. The Morgan fingerprint density at radius 2 is 0.873 bits per heavy atom. The maximum absolute atomic E-state index is 10.0. The molecule has 0 saturated carbocycles. The summed E-state index contributed by atoms with van der Waals surface area (Å²) in [5.41, 5.74) is -8.51. The van der Waals surface area contributed by atoms with Crippen LogP contribution in [-0.2, 0) is 0 Å². The molecule has 4 aromatic heterocycles. The van der Waals surface area contributed by atoms with E-state index in [0.717, 1.165) is 9.13 Å². The Morgan fingerprint density at radius 3 is 1.59 bits per heavy atom. The van der Waals surface area contributed by atoms with Crippen molar-refractivity contribution in [2.75, 3.05) is 0 Å². The number of nitrogens with zero attached hydrogens (tertiary/aromatic N) is 5. The molecule has 0 radical (unpaired) electrons. The van der Waals surface area contributed by atoms with Gasteiger partial charge < -0.3 is 9.13 Å². The molecule has 9 aromatic carbocycles. The second-order valence-electron chi connectivity index (χ2n) is 13.3. The molecular formula is C57H35N5S. The Kier molecular flexibility index (Phi) is 3.45. The van der Waals surface area contributed by atoms with Crippen LogP contribution in [0.5, 0.6) is 0 Å². The molecule has 0 aliphatic carbocycles. The molecule has 0 spiro atoms. The molecule has 5 nitrogen and oxygen atoms in total. The summed E-state index contributed by atoms with van der Waals surface area (Å²) in [5.74, 6) is -2.48. The minimum absolute atomic E-state index is 0.377. The fourth-order valence-corrected chi connectivity index (χ4v) is 8.47. The third-order valence-electron chi connectivity index (χ3n) is 9.90. The number of hydrogen-bond donors (Lipinski definition) is 0. The molecule has 13 rings (SSSR count). The first kappa shape index (κ1) is 15.3. The Balaban J connectivity index is 1.27. The zero-order chi connectivity index (χ0) is 71.9. The van der Waals surface area contributed by atoms with E-state index in [4.69, 9.17) is 27.4 Å². The first-order valence-electron chi connectivity index (χ1n) is 35.8. The van der Waals surface area contributed by atoms with Gasteiger partial charge in [-0.25, -0.2) is 15.0 Å². The number of thiophene rings is 1. The van der Waals surface area contributed by atoms with Crippen molar-refractivity contribution in [2.24, 2.45) is 0 Å². The molecule has 0 aliphatic rings. The molecule has 0 atom stereocenters. The number of rotatable bonds is 6. The Morgan fingerprint density at radius 1 is 0.349 bits per heavy atom. The van der Waals surface area contributed by atoms with Crippen molar-refractivity contribution in [1.29, 1.82) is 0 Å². The smallest absolute Gasteiger partial charge is 0.164 e. The largest absolute Gasteiger partial charge is 0.307 e. The van der Waals surface area contributed by atoms with Gasteiger partial charge in [0.05, 0.1) is 80.4 Å². The number of benzene rings is 9. The lowest BCUT2D eigenvalue weighted by atomic mass is 10.0. The van der Waals surface area contributed by atoms with Crippen molar-refractivity contribution >= 4 is 75.1 Å². The highest BCUT2D eigenvalue weighted by Gasteiger charge is 2.23. The van der Waals surface area contributed by atoms with Crippen LogP contribution in [0.2, 0.25) is 0 Å². The third-order valence-corrected chi connectivity index (χ3v) is 11.0. The first-order chi connectivity index (χ1) is 45.8. The number of hydrogen-bond acceptors (Lipinski definition) is 4. The zero-order valence-electron chi connectivity index (χ0n) is 66.1. The monoisotopic (exact) mass is 856 g/mol. The summed E-state index contributed by atoms with van der Waals surface area (Å²) in [5, 5.41) is -3.55. The van der Waals surface area contributed by atoms with Gasteiger partial charge in [0.25, 0.3) is 0 Å². The highest BCUT2D eigenvalue weighted by atomic mass is 32.1. The van der Waals surface area contributed by atoms with E-state index in [-0.39, 0.29) is 4.70 Å². The molecule has 0 saturated heterocycles. The minimum atomic E-state index is -1.12. The summed E-state index contributed by atoms with van der Waals surface area (Å²) in [7, 11) is 0. The summed E-state index contributed by atoms with van der Waals surface area (Å²) in [6, 6.07) is -33.6. The normalized spacial score (nSPS) is 19.6. The average Bonchev–Trinajstić information content (AvgIpc) is 1.51. The highest BCUT2D eigenvalue weighted by molar-refractivity contribution is 7.26. The SMILES string of the molecule is [2H]c1c([2H])c([2H])c(-c2nc(-c3c([2H])c([2H])c([2H])c([2H])c3[2H])nc(-c3c([2H])c([2H])c4c(sc5c4c([2H])c([2H])c4c6c([2H])c([2H])c([2H])c(-n7c8c([2H])c([2H])c([2H])c([2H])c8c8c([2H])c([2H])c(-c9c([2H])c([2H])c([2H])c([2H])c9[2H])c([2H])c87)c6n(-c6c([2H])c([2H])c([2H])c([2H])c6[2H])c54)c3[2H])n2)c([2H])c1[2H]. The summed E-state index contributed by atoms with van der Waals surface area (Å²) in [6.45, 7) is 0. The molecule has 0 fully saturated rings. The molecule has 0 unspecified atom stereocenters. The van der Waals surface area contributed by atoms with Crippen LogP contribution >= 0.6 is 11.3 Å². The lowest BCUT2D eigenvalue weighted by Crippen LogP contribution is -2.00. The van der Waals surface area contributed by atoms with E-state index >= 15 is 0 Å². The molecule has 0 amide bonds. The van der Waals surface area contributed by atoms with Gasteiger partial charge in [-0.1, -0.05) is 175 Å². The van der Waals surface area contributed by atoms with Crippen LogP contribution in [0.4, 0.5) is 0 Å². The molecule has 0 N–H and O–H groups in total. The van der Waals surface area contributed by atoms with E-state index in [2.05, 4.69) is 15.0 Å². The average molecular weight is 857 g/mol. The Labute approximate surface area is 415 Å². The van der Waals surface area contributed by atoms with Crippen LogP contribution in [0.1, 0.15) is 48.0 Å². The van der Waals surface area contributed by atoms with Crippen LogP contribution in [-0.4, -0.2) is 24.1 Å². The Hall–Kier alpha value is -8.19. The second-order valence-corrected chi connectivity index (χ2v) is 14.3. The van der Waals surface area contributed by atoms with Crippen LogP contribution < -0.4 is 0 Å². The fourth-order valence-electron chi connectivity index (χ4n) is 7.31. The predicted octanol–water partition coefficient (Wildman–Crippen LogP) is 15.1. The first-order valence-corrected chi connectivity index (χ1v) is 19.2. The van der Waals surface area contributed by atoms with Gasteiger partial charge in [0, 0.05) is 59.4 Å². The van der Waals surface area contributed by atoms with E-state index in [9.17, 15) is 20.6 Å². The van der Waals surface area contributed by atoms with Gasteiger partial charge in [-0.15, -0.1) is 11.3 Å². The van der Waals surface area contributed by atoms with Gasteiger partial charge in [0.15, 0.2) is 17.5 Å². The molecular weight excluding hydrogens is 787 g/mol. The molecule has 63 heavy (non-hydrogen) atoms. The van der Waals surface area contributed by atoms with E-state index in [1.54, 1.807) is 0 Å². The maximum atomic E-state index is 10.0. The predicted molar refractivity (Wildman–Crippen MR) is 263 cm³/mol. The molecule has 13 aromatic rings. The molecule has 4 heterocycles. The van der Waals surface area contributed by atoms with Gasteiger partial charge in [0.2, 0.25) is 0 Å². The standard InChI is InChI=1S/C57H35N5S/c1-5-16-36(17-6-1)39-28-30-43-42-24-13-14-26-48(42)62(50(43)34-39)49-27-15-25-45-46-32-33-47-44-31-29-40(35-51(44)63-54(47)53(46)61(52(45)49)41-22-11-4-12-23-41)57-59-55(37-18-7-2-8-19-37)58-56(60-57)38-20-9-3-10-21-38/h1-35H/i1D,2D,3D,4D,5D,6D,7D,8D,9D,10D,11D,12D,13D,14D,15D,16D,17D,18D,19D,20D,21D,22D,23D,24D,25D,26D,27D,28D,29D,30D,31D,32D,33D,34D,35D. The van der Waals surface area contributed by atoms with E-state index in [0.29, 0.717) is 11.3 Å². The van der Waals surface area contributed by atoms with Crippen molar-refractivity contribution in [3.8, 4) is 56.7 Å². The second kappa shape index (κ2) is 14.2. The molecule has 0 aliphatic heterocycles. The van der Waals surface area contributed by atoms with E-state index in [1.165, 1.54) is 0 Å². The van der Waals surface area contributed by atoms with Gasteiger partial charge in [-0.05, 0) is 47.4 Å². The van der Waals surface area contributed by atoms with Crippen molar-refractivity contribution in [2.45, 2.75) is 0 Å². The summed E-state index contributed by atoms with van der Waals surface area (Å²) in [6.07, 6.45) is 0. The van der Waals surface area contributed by atoms with Gasteiger partial charge in [-0.3, -0.25) is 0 Å². The number of para-hydroxylation sites is 3. The summed E-state index contributed by atoms with van der Waals surface area (Å²) >= 11 is 0.466. The van der Waals surface area contributed by atoms with Crippen LogP contribution in [0, 0.1) is 0 Å². The van der Waals surface area contributed by atoms with Gasteiger partial charge >= 0.3 is 0 Å². The highest BCUT2D eigenvalue weighted by Crippen LogP contribution is 2.46. The van der Waals surface area contributed by atoms with Crippen molar-refractivity contribution < 1.29 is 48.0 Å². The van der Waals surface area contributed by atoms with Crippen molar-refractivity contribution in [3.05, 3.63) is 211 Å². The maximum Gasteiger partial charge on any atom is 0.164 e. The summed E-state index contributed by atoms with van der Waals surface area (Å²) in [4.78, 5) is 13.0. The topological polar surface area (TPSA) is 48.5 Å². The summed E-state index contributed by atoms with van der Waals surface area (Å²) < 4.78 is 320. The minimum Gasteiger partial charge on any atom is -0.307 e. The lowest BCUT2D eigenvalue weighted by Gasteiger charge is -2.15. The van der Waals surface area contributed by atoms with Crippen LogP contribution in [0.25, 0.3) is 120 Å². The van der Waals surface area contributed by atoms with Crippen LogP contribution in [0.3, 0.4) is 0 Å². The van der Waals surface area contributed by atoms with Gasteiger partial charge in [0.1, 0.15) is 0 Å². The molecule has 294 valence electrons. The van der Waals surface area contributed by atoms with Crippen LogP contribution in [0.15, 0.2) is 211 Å². The number of aromatic nitrogens is 5. The van der Waals surface area contributed by atoms with Crippen molar-refractivity contribution in [1.82, 2.24) is 24.1 Å². The molecule has 0 bridgehead atoms. The quantitative estimate of drug-likeness (QED) is 0.167. The van der Waals surface area contributed by atoms with E-state index in [1.807, 2.05) is 0 Å². The van der Waals surface area contributed by atoms with Gasteiger partial charge in [-0.2, -0.15) is 0 Å². The zero-order valence-corrected chi connectivity index (χ0v) is 32.0. The van der Waals surface area contributed by atoms with Crippen molar-refractivity contribution in [3.63, 3.8) is 0 Å². The number of fused-ring (bicyclic) bond motifs is 10. The fraction of sp³-hybridized carbons (Fsp3) is 0. The van der Waals surface area contributed by atoms with E-state index < -0.39 is 327 Å².